The van der Waals surface area contributed by atoms with Gasteiger partial charge in [-0.1, -0.05) is 36.6 Å². The van der Waals surface area contributed by atoms with Crippen LogP contribution in [0.25, 0.3) is 0 Å². The number of hydrogen-bond acceptors (Lipinski definition) is 2. The van der Waals surface area contributed by atoms with Gasteiger partial charge in [-0.05, 0) is 30.5 Å². The number of hydrogen-bond donors (Lipinski definition) is 2. The second-order valence-corrected chi connectivity index (χ2v) is 6.47. The fourth-order valence-electron chi connectivity index (χ4n) is 3.29. The van der Waals surface area contributed by atoms with Gasteiger partial charge < -0.3 is 10.6 Å². The van der Waals surface area contributed by atoms with Crippen molar-refractivity contribution < 1.29 is 4.79 Å². The van der Waals surface area contributed by atoms with Crippen LogP contribution in [0.4, 0.5) is 0 Å². The minimum Gasteiger partial charge on any atom is -0.355 e. The molecule has 1 aromatic rings. The van der Waals surface area contributed by atoms with E-state index < -0.39 is 0 Å². The Morgan fingerprint density at radius 2 is 1.90 bits per heavy atom. The molecule has 1 saturated carbocycles. The van der Waals surface area contributed by atoms with Gasteiger partial charge in [0.15, 0.2) is 0 Å². The number of nitrogens with one attached hydrogen (secondary N) is 2. The van der Waals surface area contributed by atoms with Crippen molar-refractivity contribution in [2.75, 3.05) is 19.6 Å². The molecule has 4 heteroatoms. The third-order valence-electron chi connectivity index (χ3n) is 4.71. The Hall–Kier alpha value is -1.06. The number of amides is 1. The molecule has 2 N–H and O–H groups in total. The second-order valence-electron chi connectivity index (χ2n) is 6.03. The van der Waals surface area contributed by atoms with Gasteiger partial charge in [-0.25, -0.2) is 0 Å². The highest BCUT2D eigenvalue weighted by Crippen LogP contribution is 2.41. The van der Waals surface area contributed by atoms with Crippen molar-refractivity contribution in [3.05, 3.63) is 34.9 Å². The first-order valence-electron chi connectivity index (χ1n) is 7.46. The van der Waals surface area contributed by atoms with Crippen molar-refractivity contribution in [2.45, 2.75) is 31.1 Å². The van der Waals surface area contributed by atoms with Gasteiger partial charge in [-0.3, -0.25) is 4.79 Å². The summed E-state index contributed by atoms with van der Waals surface area (Å²) in [6.45, 7) is 2.84. The second kappa shape index (κ2) is 5.74. The van der Waals surface area contributed by atoms with E-state index in [1.807, 2.05) is 24.3 Å². The molecule has 1 aliphatic carbocycles. The summed E-state index contributed by atoms with van der Waals surface area (Å²) >= 11 is 5.96. The molecule has 108 valence electrons. The quantitative estimate of drug-likeness (QED) is 0.895. The summed E-state index contributed by atoms with van der Waals surface area (Å²) in [5.41, 5.74) is 0.783. The molecule has 20 heavy (non-hydrogen) atoms. The molecule has 0 unspecified atom stereocenters. The van der Waals surface area contributed by atoms with Crippen molar-refractivity contribution >= 4 is 17.5 Å². The standard InChI is InChI=1S/C16H21ClN2O/c17-14-5-3-13(4-6-14)16(7-1-2-8-16)15(20)19-11-12-9-18-10-12/h3-6,12,18H,1-2,7-11H2,(H,19,20). The van der Waals surface area contributed by atoms with Crippen LogP contribution in [0.5, 0.6) is 0 Å². The molecule has 3 rings (SSSR count). The number of benzene rings is 1. The summed E-state index contributed by atoms with van der Waals surface area (Å²) in [4.78, 5) is 12.7. The lowest BCUT2D eigenvalue weighted by Gasteiger charge is -2.32. The SMILES string of the molecule is O=C(NCC1CNC1)C1(c2ccc(Cl)cc2)CCCC1. The first kappa shape index (κ1) is 13.9. The zero-order chi connectivity index (χ0) is 14.0. The van der Waals surface area contributed by atoms with E-state index in [2.05, 4.69) is 10.6 Å². The van der Waals surface area contributed by atoms with Gasteiger partial charge in [0.05, 0.1) is 5.41 Å². The average molecular weight is 293 g/mol. The van der Waals surface area contributed by atoms with Crippen LogP contribution in [0.15, 0.2) is 24.3 Å². The van der Waals surface area contributed by atoms with Crippen molar-refractivity contribution in [2.24, 2.45) is 5.92 Å². The van der Waals surface area contributed by atoms with Crippen molar-refractivity contribution in [3.63, 3.8) is 0 Å². The van der Waals surface area contributed by atoms with Crippen LogP contribution in [-0.2, 0) is 10.2 Å². The largest absolute Gasteiger partial charge is 0.355 e. The van der Waals surface area contributed by atoms with Crippen LogP contribution in [0.2, 0.25) is 5.02 Å². The third-order valence-corrected chi connectivity index (χ3v) is 4.96. The average Bonchev–Trinajstić information content (AvgIpc) is 2.88. The Morgan fingerprint density at radius 1 is 1.25 bits per heavy atom. The van der Waals surface area contributed by atoms with Gasteiger partial charge in [0.25, 0.3) is 0 Å². The van der Waals surface area contributed by atoms with Crippen LogP contribution in [0.3, 0.4) is 0 Å². The highest BCUT2D eigenvalue weighted by molar-refractivity contribution is 6.30. The van der Waals surface area contributed by atoms with E-state index in [0.717, 1.165) is 55.9 Å². The van der Waals surface area contributed by atoms with E-state index in [1.54, 1.807) is 0 Å². The molecule has 1 amide bonds. The smallest absolute Gasteiger partial charge is 0.230 e. The molecule has 1 aliphatic heterocycles. The lowest BCUT2D eigenvalue weighted by Crippen LogP contribution is -2.51. The Labute approximate surface area is 125 Å². The van der Waals surface area contributed by atoms with Crippen LogP contribution in [0, 0.1) is 5.92 Å². The molecule has 1 aromatic carbocycles. The summed E-state index contributed by atoms with van der Waals surface area (Å²) in [7, 11) is 0. The van der Waals surface area contributed by atoms with Gasteiger partial charge in [0, 0.05) is 30.6 Å². The zero-order valence-electron chi connectivity index (χ0n) is 11.6. The zero-order valence-corrected chi connectivity index (χ0v) is 12.4. The lowest BCUT2D eigenvalue weighted by molar-refractivity contribution is -0.126. The van der Waals surface area contributed by atoms with E-state index in [0.29, 0.717) is 5.92 Å². The first-order chi connectivity index (χ1) is 9.71. The lowest BCUT2D eigenvalue weighted by atomic mass is 9.78. The molecule has 0 atom stereocenters. The van der Waals surface area contributed by atoms with E-state index in [-0.39, 0.29) is 11.3 Å². The molecule has 3 nitrogen and oxygen atoms in total. The van der Waals surface area contributed by atoms with Crippen LogP contribution < -0.4 is 10.6 Å². The Balaban J connectivity index is 1.75. The molecular weight excluding hydrogens is 272 g/mol. The minimum atomic E-state index is -0.332. The third kappa shape index (κ3) is 2.57. The Bertz CT molecular complexity index is 476. The highest BCUT2D eigenvalue weighted by atomic mass is 35.5. The van der Waals surface area contributed by atoms with Crippen molar-refractivity contribution in [1.82, 2.24) is 10.6 Å². The highest BCUT2D eigenvalue weighted by Gasteiger charge is 2.42. The van der Waals surface area contributed by atoms with E-state index in [4.69, 9.17) is 11.6 Å². The fourth-order valence-corrected chi connectivity index (χ4v) is 3.42. The minimum absolute atomic E-state index is 0.198. The number of carbonyl (C=O) groups excluding carboxylic acids is 1. The van der Waals surface area contributed by atoms with Crippen LogP contribution >= 0.6 is 11.6 Å². The molecule has 0 aromatic heterocycles. The van der Waals surface area contributed by atoms with Crippen molar-refractivity contribution in [3.8, 4) is 0 Å². The Kier molecular flexibility index (Phi) is 3.99. The first-order valence-corrected chi connectivity index (χ1v) is 7.83. The summed E-state index contributed by atoms with van der Waals surface area (Å²) < 4.78 is 0. The summed E-state index contributed by atoms with van der Waals surface area (Å²) in [6, 6.07) is 7.80. The van der Waals surface area contributed by atoms with Gasteiger partial charge in [0.2, 0.25) is 5.91 Å². The van der Waals surface area contributed by atoms with Gasteiger partial charge >= 0.3 is 0 Å². The summed E-state index contributed by atoms with van der Waals surface area (Å²) in [5, 5.41) is 7.13. The maximum atomic E-state index is 12.7. The molecule has 1 saturated heterocycles. The maximum absolute atomic E-state index is 12.7. The Morgan fingerprint density at radius 3 is 2.45 bits per heavy atom. The number of halogens is 1. The molecule has 0 radical (unpaired) electrons. The molecule has 1 heterocycles. The topological polar surface area (TPSA) is 41.1 Å². The van der Waals surface area contributed by atoms with Gasteiger partial charge in [-0.15, -0.1) is 0 Å². The molecule has 0 spiro atoms. The molecule has 2 fully saturated rings. The summed E-state index contributed by atoms with van der Waals surface area (Å²) in [5.74, 6) is 0.798. The van der Waals surface area contributed by atoms with Crippen LogP contribution in [0.1, 0.15) is 31.2 Å². The van der Waals surface area contributed by atoms with E-state index in [9.17, 15) is 4.79 Å². The van der Waals surface area contributed by atoms with Gasteiger partial charge in [-0.2, -0.15) is 0 Å². The fraction of sp³-hybridized carbons (Fsp3) is 0.562. The number of carbonyl (C=O) groups is 1. The molecule has 2 aliphatic rings. The maximum Gasteiger partial charge on any atom is 0.230 e. The van der Waals surface area contributed by atoms with Crippen molar-refractivity contribution in [1.29, 1.82) is 0 Å². The van der Waals surface area contributed by atoms with Gasteiger partial charge in [0.1, 0.15) is 0 Å². The van der Waals surface area contributed by atoms with E-state index >= 15 is 0 Å². The van der Waals surface area contributed by atoms with E-state index in [1.165, 1.54) is 0 Å². The normalized spacial score (nSPS) is 21.4. The number of rotatable bonds is 4. The predicted octanol–water partition coefficient (Wildman–Crippen LogP) is 2.49. The molecular formula is C16H21ClN2O. The monoisotopic (exact) mass is 292 g/mol. The predicted molar refractivity (Wildman–Crippen MR) is 81.0 cm³/mol. The summed E-state index contributed by atoms with van der Waals surface area (Å²) in [6.07, 6.45) is 4.15. The molecule has 0 bridgehead atoms. The van der Waals surface area contributed by atoms with Crippen LogP contribution in [-0.4, -0.2) is 25.5 Å².